The Kier molecular flexibility index (Phi) is 6.59. The Morgan fingerprint density at radius 3 is 2.53 bits per heavy atom. The van der Waals surface area contributed by atoms with Crippen LogP contribution in [0.1, 0.15) is 40.9 Å². The summed E-state index contributed by atoms with van der Waals surface area (Å²) in [6.07, 6.45) is 3.75. The lowest BCUT2D eigenvalue weighted by atomic mass is 10.1. The first-order chi connectivity index (χ1) is 15.4. The van der Waals surface area contributed by atoms with E-state index in [-0.39, 0.29) is 16.5 Å². The predicted octanol–water partition coefficient (Wildman–Crippen LogP) is 4.60. The molecule has 7 nitrogen and oxygen atoms in total. The Morgan fingerprint density at radius 1 is 1.12 bits per heavy atom. The number of hydrogen-bond acceptors (Lipinski definition) is 6. The minimum atomic E-state index is -3.67. The highest BCUT2D eigenvalue weighted by Gasteiger charge is 2.23. The van der Waals surface area contributed by atoms with Crippen LogP contribution in [-0.4, -0.2) is 32.5 Å². The van der Waals surface area contributed by atoms with Crippen LogP contribution in [0.15, 0.2) is 53.4 Å². The van der Waals surface area contributed by atoms with Crippen molar-refractivity contribution in [3.05, 3.63) is 59.0 Å². The molecule has 0 aliphatic heterocycles. The van der Waals surface area contributed by atoms with Crippen molar-refractivity contribution in [3.8, 4) is 17.0 Å². The number of thiazole rings is 1. The van der Waals surface area contributed by atoms with Gasteiger partial charge in [-0.1, -0.05) is 18.9 Å². The highest BCUT2D eigenvalue weighted by atomic mass is 32.2. The third-order valence-electron chi connectivity index (χ3n) is 5.46. The Labute approximate surface area is 191 Å². The molecule has 1 aliphatic carbocycles. The standard InChI is InChI=1S/C23H25N3O4S2/c1-15-21(16-10-12-19(30-2)13-11-16)24-23(31-15)25-22(27)17-6-5-9-20(14-17)32(28,29)26-18-7-3-4-8-18/h5-6,9-14,18,26H,3-4,7-8H2,1-2H3,(H,24,25,27). The van der Waals surface area contributed by atoms with Gasteiger partial charge in [0.05, 0.1) is 17.7 Å². The van der Waals surface area contributed by atoms with Crippen LogP contribution in [0.5, 0.6) is 5.75 Å². The van der Waals surface area contributed by atoms with E-state index in [1.807, 2.05) is 31.2 Å². The molecule has 1 aliphatic rings. The number of carbonyl (C=O) groups is 1. The molecule has 3 aromatic rings. The van der Waals surface area contributed by atoms with Crippen LogP contribution in [0.3, 0.4) is 0 Å². The smallest absolute Gasteiger partial charge is 0.257 e. The number of amides is 1. The molecule has 0 atom stereocenters. The molecule has 1 heterocycles. The molecule has 1 saturated carbocycles. The van der Waals surface area contributed by atoms with E-state index in [1.165, 1.54) is 23.5 Å². The van der Waals surface area contributed by atoms with Gasteiger partial charge >= 0.3 is 0 Å². The van der Waals surface area contributed by atoms with E-state index < -0.39 is 15.9 Å². The zero-order valence-corrected chi connectivity index (χ0v) is 19.6. The fourth-order valence-electron chi connectivity index (χ4n) is 3.77. The predicted molar refractivity (Wildman–Crippen MR) is 126 cm³/mol. The number of carbonyl (C=O) groups excluding carboxylic acids is 1. The van der Waals surface area contributed by atoms with Gasteiger partial charge < -0.3 is 4.74 Å². The van der Waals surface area contributed by atoms with Crippen LogP contribution in [-0.2, 0) is 10.0 Å². The summed E-state index contributed by atoms with van der Waals surface area (Å²) in [6, 6.07) is 13.6. The average Bonchev–Trinajstić information content (AvgIpc) is 3.43. The summed E-state index contributed by atoms with van der Waals surface area (Å²) in [5.41, 5.74) is 1.97. The first-order valence-corrected chi connectivity index (χ1v) is 12.7. The summed E-state index contributed by atoms with van der Waals surface area (Å²) in [5, 5.41) is 3.25. The van der Waals surface area contributed by atoms with Gasteiger partial charge in [-0.05, 0) is 62.2 Å². The second-order valence-corrected chi connectivity index (χ2v) is 10.7. The fraction of sp³-hybridized carbons (Fsp3) is 0.304. The van der Waals surface area contributed by atoms with Gasteiger partial charge in [-0.3, -0.25) is 10.1 Å². The van der Waals surface area contributed by atoms with Gasteiger partial charge in [-0.2, -0.15) is 0 Å². The number of ether oxygens (including phenoxy) is 1. The molecule has 32 heavy (non-hydrogen) atoms. The number of benzene rings is 2. The summed E-state index contributed by atoms with van der Waals surface area (Å²) in [4.78, 5) is 18.4. The number of anilines is 1. The first kappa shape index (κ1) is 22.4. The molecule has 0 unspecified atom stereocenters. The van der Waals surface area contributed by atoms with E-state index >= 15 is 0 Å². The van der Waals surface area contributed by atoms with Crippen LogP contribution in [0.25, 0.3) is 11.3 Å². The lowest BCUT2D eigenvalue weighted by Crippen LogP contribution is -2.32. The molecular weight excluding hydrogens is 446 g/mol. The van der Waals surface area contributed by atoms with Gasteiger partial charge in [0.25, 0.3) is 5.91 Å². The third kappa shape index (κ3) is 5.01. The number of nitrogens with zero attached hydrogens (tertiary/aromatic N) is 1. The van der Waals surface area contributed by atoms with E-state index in [0.717, 1.165) is 47.6 Å². The molecule has 168 valence electrons. The summed E-state index contributed by atoms with van der Waals surface area (Å²) < 4.78 is 33.4. The number of rotatable bonds is 7. The number of methoxy groups -OCH3 is 1. The lowest BCUT2D eigenvalue weighted by molar-refractivity contribution is 0.102. The number of nitrogens with one attached hydrogen (secondary N) is 2. The minimum Gasteiger partial charge on any atom is -0.497 e. The Hall–Kier alpha value is -2.75. The number of aromatic nitrogens is 1. The SMILES string of the molecule is COc1ccc(-c2nc(NC(=O)c3cccc(S(=O)(=O)NC4CCCC4)c3)sc2C)cc1. The zero-order chi connectivity index (χ0) is 22.7. The van der Waals surface area contributed by atoms with Crippen molar-refractivity contribution in [2.75, 3.05) is 12.4 Å². The second kappa shape index (κ2) is 9.40. The van der Waals surface area contributed by atoms with Crippen molar-refractivity contribution < 1.29 is 17.9 Å². The Balaban J connectivity index is 1.50. The average molecular weight is 472 g/mol. The Bertz CT molecular complexity index is 1210. The number of sulfonamides is 1. The van der Waals surface area contributed by atoms with Crippen LogP contribution >= 0.6 is 11.3 Å². The minimum absolute atomic E-state index is 0.0350. The first-order valence-electron chi connectivity index (χ1n) is 10.4. The molecular formula is C23H25N3O4S2. The molecule has 0 radical (unpaired) electrons. The summed E-state index contributed by atoms with van der Waals surface area (Å²) >= 11 is 1.37. The van der Waals surface area contributed by atoms with E-state index in [1.54, 1.807) is 19.2 Å². The number of aryl methyl sites for hydroxylation is 1. The van der Waals surface area contributed by atoms with Crippen molar-refractivity contribution in [2.45, 2.75) is 43.5 Å². The molecule has 2 N–H and O–H groups in total. The van der Waals surface area contributed by atoms with Crippen molar-refractivity contribution in [2.24, 2.45) is 0 Å². The maximum Gasteiger partial charge on any atom is 0.257 e. The van der Waals surface area contributed by atoms with Crippen LogP contribution < -0.4 is 14.8 Å². The van der Waals surface area contributed by atoms with Gasteiger partial charge in [0.1, 0.15) is 5.75 Å². The quantitative estimate of drug-likeness (QED) is 0.525. The highest BCUT2D eigenvalue weighted by molar-refractivity contribution is 7.89. The summed E-state index contributed by atoms with van der Waals surface area (Å²) in [5.74, 6) is 0.352. The molecule has 2 aromatic carbocycles. The lowest BCUT2D eigenvalue weighted by Gasteiger charge is -2.13. The molecule has 0 saturated heterocycles. The van der Waals surface area contributed by atoms with Crippen molar-refractivity contribution in [1.82, 2.24) is 9.71 Å². The second-order valence-electron chi connectivity index (χ2n) is 7.74. The van der Waals surface area contributed by atoms with Gasteiger partial charge in [0.2, 0.25) is 10.0 Å². The summed E-state index contributed by atoms with van der Waals surface area (Å²) in [7, 11) is -2.06. The van der Waals surface area contributed by atoms with E-state index in [4.69, 9.17) is 4.74 Å². The Morgan fingerprint density at radius 2 is 1.84 bits per heavy atom. The molecule has 1 fully saturated rings. The molecule has 0 bridgehead atoms. The van der Waals surface area contributed by atoms with Crippen LogP contribution in [0, 0.1) is 6.92 Å². The topological polar surface area (TPSA) is 97.4 Å². The van der Waals surface area contributed by atoms with Gasteiger partial charge in [0, 0.05) is 22.0 Å². The molecule has 4 rings (SSSR count). The molecule has 1 amide bonds. The van der Waals surface area contributed by atoms with Crippen molar-refractivity contribution in [1.29, 1.82) is 0 Å². The van der Waals surface area contributed by atoms with Crippen LogP contribution in [0.4, 0.5) is 5.13 Å². The maximum atomic E-state index is 12.8. The van der Waals surface area contributed by atoms with Crippen molar-refractivity contribution >= 4 is 32.4 Å². The fourth-order valence-corrected chi connectivity index (χ4v) is 5.95. The molecule has 0 spiro atoms. The van der Waals surface area contributed by atoms with Crippen molar-refractivity contribution in [3.63, 3.8) is 0 Å². The molecule has 9 heteroatoms. The van der Waals surface area contributed by atoms with E-state index in [0.29, 0.717) is 5.13 Å². The summed E-state index contributed by atoms with van der Waals surface area (Å²) in [6.45, 7) is 1.94. The zero-order valence-electron chi connectivity index (χ0n) is 17.9. The highest BCUT2D eigenvalue weighted by Crippen LogP contribution is 2.31. The van der Waals surface area contributed by atoms with E-state index in [9.17, 15) is 13.2 Å². The van der Waals surface area contributed by atoms with Gasteiger partial charge in [0.15, 0.2) is 5.13 Å². The van der Waals surface area contributed by atoms with E-state index in [2.05, 4.69) is 15.0 Å². The van der Waals surface area contributed by atoms with Gasteiger partial charge in [-0.25, -0.2) is 18.1 Å². The number of hydrogen-bond donors (Lipinski definition) is 2. The normalized spacial score (nSPS) is 14.4. The largest absolute Gasteiger partial charge is 0.497 e. The van der Waals surface area contributed by atoms with Crippen LogP contribution in [0.2, 0.25) is 0 Å². The maximum absolute atomic E-state index is 12.8. The van der Waals surface area contributed by atoms with Gasteiger partial charge in [-0.15, -0.1) is 11.3 Å². The third-order valence-corrected chi connectivity index (χ3v) is 7.87. The monoisotopic (exact) mass is 471 g/mol. The molecule has 1 aromatic heterocycles.